The number of carbonyl (C=O) groups excluding carboxylic acids is 1. The highest BCUT2D eigenvalue weighted by molar-refractivity contribution is 5.91. The zero-order valence-corrected chi connectivity index (χ0v) is 14.8. The molecule has 0 aliphatic rings. The van der Waals surface area contributed by atoms with Crippen molar-refractivity contribution in [3.63, 3.8) is 0 Å². The maximum atomic E-state index is 11.1. The SMILES string of the molecule is CN(C)C(C=CC(N)=O)c1ccc2ncnc(Nc3ccccc3)c2c1. The number of nitrogens with one attached hydrogen (secondary N) is 1. The zero-order valence-electron chi connectivity index (χ0n) is 14.8. The first-order valence-electron chi connectivity index (χ1n) is 8.25. The van der Waals surface area contributed by atoms with Crippen LogP contribution in [0.15, 0.2) is 67.0 Å². The van der Waals surface area contributed by atoms with E-state index in [1.807, 2.05) is 67.5 Å². The predicted molar refractivity (Wildman–Crippen MR) is 104 cm³/mol. The second kappa shape index (κ2) is 7.76. The smallest absolute Gasteiger partial charge is 0.241 e. The van der Waals surface area contributed by atoms with Crippen molar-refractivity contribution >= 4 is 28.3 Å². The average Bonchev–Trinajstić information content (AvgIpc) is 2.62. The first kappa shape index (κ1) is 17.6. The van der Waals surface area contributed by atoms with Gasteiger partial charge in [0.1, 0.15) is 12.1 Å². The van der Waals surface area contributed by atoms with Crippen LogP contribution in [-0.2, 0) is 4.79 Å². The second-order valence-electron chi connectivity index (χ2n) is 6.16. The Balaban J connectivity index is 2.03. The van der Waals surface area contributed by atoms with Gasteiger partial charge in [0.05, 0.1) is 11.6 Å². The van der Waals surface area contributed by atoms with Crippen molar-refractivity contribution in [2.45, 2.75) is 6.04 Å². The standard InChI is InChI=1S/C20H21N5O/c1-25(2)18(10-11-19(21)26)14-8-9-17-16(12-14)20(23-13-22-17)24-15-6-4-3-5-7-15/h3-13,18H,1-2H3,(H2,21,26)(H,22,23,24). The highest BCUT2D eigenvalue weighted by Crippen LogP contribution is 2.28. The third kappa shape index (κ3) is 4.04. The molecule has 0 bridgehead atoms. The summed E-state index contributed by atoms with van der Waals surface area (Å²) in [5.74, 6) is 0.270. The first-order valence-corrected chi connectivity index (χ1v) is 8.25. The number of carbonyl (C=O) groups is 1. The van der Waals surface area contributed by atoms with Gasteiger partial charge in [-0.05, 0) is 43.9 Å². The summed E-state index contributed by atoms with van der Waals surface area (Å²) in [6.07, 6.45) is 4.72. The fourth-order valence-corrected chi connectivity index (χ4v) is 2.78. The van der Waals surface area contributed by atoms with Crippen LogP contribution >= 0.6 is 0 Å². The number of benzene rings is 2. The predicted octanol–water partition coefficient (Wildman–Crippen LogP) is 3.02. The van der Waals surface area contributed by atoms with Gasteiger partial charge in [0.15, 0.2) is 0 Å². The third-order valence-corrected chi connectivity index (χ3v) is 4.04. The fourth-order valence-electron chi connectivity index (χ4n) is 2.78. The molecule has 0 radical (unpaired) electrons. The Kier molecular flexibility index (Phi) is 5.24. The average molecular weight is 347 g/mol. The summed E-state index contributed by atoms with van der Waals surface area (Å²) in [7, 11) is 3.90. The summed E-state index contributed by atoms with van der Waals surface area (Å²) in [5.41, 5.74) is 8.06. The third-order valence-electron chi connectivity index (χ3n) is 4.04. The van der Waals surface area contributed by atoms with Crippen LogP contribution in [0.2, 0.25) is 0 Å². The van der Waals surface area contributed by atoms with Crippen LogP contribution in [0.3, 0.4) is 0 Å². The molecule has 1 amide bonds. The Morgan fingerprint density at radius 3 is 2.62 bits per heavy atom. The minimum atomic E-state index is -0.465. The number of aromatic nitrogens is 2. The number of nitrogens with two attached hydrogens (primary N) is 1. The van der Waals surface area contributed by atoms with E-state index in [9.17, 15) is 4.79 Å². The van der Waals surface area contributed by atoms with Gasteiger partial charge in [-0.3, -0.25) is 9.69 Å². The Labute approximate surface area is 152 Å². The lowest BCUT2D eigenvalue weighted by Crippen LogP contribution is -2.19. The molecule has 26 heavy (non-hydrogen) atoms. The minimum Gasteiger partial charge on any atom is -0.366 e. The number of para-hydroxylation sites is 1. The molecule has 0 aliphatic carbocycles. The van der Waals surface area contributed by atoms with Crippen LogP contribution < -0.4 is 11.1 Å². The molecule has 3 aromatic rings. The van der Waals surface area contributed by atoms with Gasteiger partial charge in [0, 0.05) is 17.1 Å². The van der Waals surface area contributed by atoms with E-state index in [0.717, 1.165) is 28.0 Å². The largest absolute Gasteiger partial charge is 0.366 e. The molecule has 1 aromatic heterocycles. The molecule has 132 valence electrons. The Morgan fingerprint density at radius 2 is 1.92 bits per heavy atom. The van der Waals surface area contributed by atoms with E-state index < -0.39 is 5.91 Å². The summed E-state index contributed by atoms with van der Waals surface area (Å²) in [6, 6.07) is 15.8. The van der Waals surface area contributed by atoms with Crippen molar-refractivity contribution in [3.8, 4) is 0 Å². The van der Waals surface area contributed by atoms with E-state index in [1.165, 1.54) is 6.08 Å². The highest BCUT2D eigenvalue weighted by Gasteiger charge is 2.13. The molecule has 1 unspecified atom stereocenters. The van der Waals surface area contributed by atoms with E-state index in [-0.39, 0.29) is 6.04 Å². The monoisotopic (exact) mass is 347 g/mol. The van der Waals surface area contributed by atoms with Gasteiger partial charge in [0.2, 0.25) is 5.91 Å². The highest BCUT2D eigenvalue weighted by atomic mass is 16.1. The van der Waals surface area contributed by atoms with Gasteiger partial charge in [-0.1, -0.05) is 30.3 Å². The lowest BCUT2D eigenvalue weighted by atomic mass is 10.0. The Hall–Kier alpha value is -3.25. The van der Waals surface area contributed by atoms with Crippen LogP contribution in [0.25, 0.3) is 10.9 Å². The van der Waals surface area contributed by atoms with E-state index in [2.05, 4.69) is 15.3 Å². The number of rotatable bonds is 6. The summed E-state index contributed by atoms with van der Waals surface area (Å²) in [5, 5.41) is 4.25. The van der Waals surface area contributed by atoms with Gasteiger partial charge in [-0.15, -0.1) is 0 Å². The van der Waals surface area contributed by atoms with Crippen molar-refractivity contribution in [1.82, 2.24) is 14.9 Å². The molecule has 0 aliphatic heterocycles. The molecule has 6 heteroatoms. The molecular formula is C20H21N5O. The summed E-state index contributed by atoms with van der Waals surface area (Å²) in [6.45, 7) is 0. The van der Waals surface area contributed by atoms with Gasteiger partial charge in [-0.25, -0.2) is 9.97 Å². The number of fused-ring (bicyclic) bond motifs is 1. The van der Waals surface area contributed by atoms with Crippen LogP contribution in [0, 0.1) is 0 Å². The topological polar surface area (TPSA) is 84.1 Å². The maximum Gasteiger partial charge on any atom is 0.241 e. The fraction of sp³-hybridized carbons (Fsp3) is 0.150. The minimum absolute atomic E-state index is 0.0864. The number of hydrogen-bond acceptors (Lipinski definition) is 5. The van der Waals surface area contributed by atoms with E-state index >= 15 is 0 Å². The van der Waals surface area contributed by atoms with Gasteiger partial charge in [-0.2, -0.15) is 0 Å². The van der Waals surface area contributed by atoms with Crippen molar-refractivity contribution in [2.75, 3.05) is 19.4 Å². The van der Waals surface area contributed by atoms with Crippen molar-refractivity contribution in [3.05, 3.63) is 72.6 Å². The van der Waals surface area contributed by atoms with Crippen molar-refractivity contribution < 1.29 is 4.79 Å². The molecule has 3 N–H and O–H groups in total. The number of amides is 1. The van der Waals surface area contributed by atoms with Gasteiger partial charge >= 0.3 is 0 Å². The number of nitrogens with zero attached hydrogens (tertiary/aromatic N) is 3. The van der Waals surface area contributed by atoms with Crippen LogP contribution in [0.1, 0.15) is 11.6 Å². The molecular weight excluding hydrogens is 326 g/mol. The zero-order chi connectivity index (χ0) is 18.5. The molecule has 1 atom stereocenters. The lowest BCUT2D eigenvalue weighted by molar-refractivity contribution is -0.113. The number of likely N-dealkylation sites (N-methyl/N-ethyl adjacent to an activating group) is 1. The summed E-state index contributed by atoms with van der Waals surface area (Å²) >= 11 is 0. The summed E-state index contributed by atoms with van der Waals surface area (Å²) < 4.78 is 0. The van der Waals surface area contributed by atoms with E-state index in [4.69, 9.17) is 5.73 Å². The van der Waals surface area contributed by atoms with E-state index in [0.29, 0.717) is 0 Å². The van der Waals surface area contributed by atoms with Gasteiger partial charge in [0.25, 0.3) is 0 Å². The van der Waals surface area contributed by atoms with Crippen molar-refractivity contribution in [1.29, 1.82) is 0 Å². The first-order chi connectivity index (χ1) is 12.5. The number of primary amides is 1. The Bertz CT molecular complexity index is 937. The van der Waals surface area contributed by atoms with Crippen molar-refractivity contribution in [2.24, 2.45) is 5.73 Å². The molecule has 3 rings (SSSR count). The second-order valence-corrected chi connectivity index (χ2v) is 6.16. The van der Waals surface area contributed by atoms with Crippen LogP contribution in [-0.4, -0.2) is 34.9 Å². The quantitative estimate of drug-likeness (QED) is 0.670. The number of hydrogen-bond donors (Lipinski definition) is 2. The van der Waals surface area contributed by atoms with E-state index in [1.54, 1.807) is 12.4 Å². The maximum absolute atomic E-state index is 11.1. The summed E-state index contributed by atoms with van der Waals surface area (Å²) in [4.78, 5) is 21.9. The molecule has 0 fully saturated rings. The number of anilines is 2. The van der Waals surface area contributed by atoms with Crippen LogP contribution in [0.5, 0.6) is 0 Å². The Morgan fingerprint density at radius 1 is 1.15 bits per heavy atom. The molecule has 0 spiro atoms. The molecule has 0 saturated heterocycles. The normalized spacial score (nSPS) is 12.6. The molecule has 1 heterocycles. The molecule has 6 nitrogen and oxygen atoms in total. The van der Waals surface area contributed by atoms with Gasteiger partial charge < -0.3 is 11.1 Å². The molecule has 2 aromatic carbocycles. The molecule has 0 saturated carbocycles. The lowest BCUT2D eigenvalue weighted by Gasteiger charge is -2.22. The van der Waals surface area contributed by atoms with Crippen LogP contribution in [0.4, 0.5) is 11.5 Å².